The number of carboxylic acid groups (broad SMARTS) is 1. The number of carbonyl (C=O) groups excluding carboxylic acids is 1. The van der Waals surface area contributed by atoms with Gasteiger partial charge in [0.05, 0.1) is 0 Å². The number of hydrogen-bond acceptors (Lipinski definition) is 2. The standard InChI is InChI=1S/C18H15FN2O3/c1-10-4-2-3-5-12(10)17(22)20-9-14-13-8-11(19)6-7-15(13)21-16(14)18(23)24/h2-8,21H,9H2,1H3,(H,20,22)(H,23,24). The number of hydrogen-bond donors (Lipinski definition) is 3. The number of amides is 1. The van der Waals surface area contributed by atoms with Crippen molar-refractivity contribution in [1.82, 2.24) is 10.3 Å². The van der Waals surface area contributed by atoms with Crippen molar-refractivity contribution in [3.63, 3.8) is 0 Å². The van der Waals surface area contributed by atoms with Gasteiger partial charge < -0.3 is 15.4 Å². The molecule has 3 N–H and O–H groups in total. The maximum atomic E-state index is 13.5. The molecule has 0 radical (unpaired) electrons. The molecule has 6 heteroatoms. The molecule has 1 amide bonds. The molecule has 1 heterocycles. The van der Waals surface area contributed by atoms with Gasteiger partial charge in [0.1, 0.15) is 11.5 Å². The van der Waals surface area contributed by atoms with Crippen LogP contribution in [0.2, 0.25) is 0 Å². The average Bonchev–Trinajstić information content (AvgIpc) is 2.91. The average molecular weight is 326 g/mol. The molecule has 3 rings (SSSR count). The molecular formula is C18H15FN2O3. The minimum Gasteiger partial charge on any atom is -0.477 e. The Morgan fingerprint density at radius 1 is 1.21 bits per heavy atom. The number of rotatable bonds is 4. The predicted molar refractivity (Wildman–Crippen MR) is 87.6 cm³/mol. The smallest absolute Gasteiger partial charge is 0.352 e. The van der Waals surface area contributed by atoms with E-state index >= 15 is 0 Å². The summed E-state index contributed by atoms with van der Waals surface area (Å²) in [5.74, 6) is -1.94. The quantitative estimate of drug-likeness (QED) is 0.688. The fourth-order valence-electron chi connectivity index (χ4n) is 2.68. The highest BCUT2D eigenvalue weighted by atomic mass is 19.1. The summed E-state index contributed by atoms with van der Waals surface area (Å²) in [6, 6.07) is 11.1. The van der Waals surface area contributed by atoms with E-state index in [0.717, 1.165) is 5.56 Å². The van der Waals surface area contributed by atoms with Gasteiger partial charge in [-0.3, -0.25) is 4.79 Å². The van der Waals surface area contributed by atoms with E-state index in [9.17, 15) is 19.1 Å². The summed E-state index contributed by atoms with van der Waals surface area (Å²) in [6.07, 6.45) is 0. The molecule has 1 aromatic heterocycles. The highest BCUT2D eigenvalue weighted by molar-refractivity contribution is 5.99. The molecule has 0 aliphatic rings. The molecule has 0 saturated heterocycles. The summed E-state index contributed by atoms with van der Waals surface area (Å²) in [4.78, 5) is 26.5. The highest BCUT2D eigenvalue weighted by Crippen LogP contribution is 2.24. The number of carbonyl (C=O) groups is 2. The second-order valence-corrected chi connectivity index (χ2v) is 5.47. The number of aromatic nitrogens is 1. The first-order chi connectivity index (χ1) is 11.5. The van der Waals surface area contributed by atoms with Gasteiger partial charge >= 0.3 is 5.97 Å². The topological polar surface area (TPSA) is 82.2 Å². The van der Waals surface area contributed by atoms with Gasteiger partial charge in [0, 0.05) is 28.6 Å². The fourth-order valence-corrected chi connectivity index (χ4v) is 2.68. The van der Waals surface area contributed by atoms with E-state index in [1.54, 1.807) is 12.1 Å². The summed E-state index contributed by atoms with van der Waals surface area (Å²) in [5.41, 5.74) is 2.13. The van der Waals surface area contributed by atoms with Crippen LogP contribution in [0.4, 0.5) is 4.39 Å². The Bertz CT molecular complexity index is 947. The highest BCUT2D eigenvalue weighted by Gasteiger charge is 2.18. The fraction of sp³-hybridized carbons (Fsp3) is 0.111. The van der Waals surface area contributed by atoms with E-state index in [0.29, 0.717) is 22.0 Å². The Morgan fingerprint density at radius 3 is 2.67 bits per heavy atom. The largest absolute Gasteiger partial charge is 0.477 e. The normalized spacial score (nSPS) is 10.8. The van der Waals surface area contributed by atoms with Gasteiger partial charge in [0.2, 0.25) is 0 Å². The van der Waals surface area contributed by atoms with Gasteiger partial charge in [-0.1, -0.05) is 18.2 Å². The van der Waals surface area contributed by atoms with Crippen LogP contribution in [0.1, 0.15) is 32.0 Å². The third-order valence-electron chi connectivity index (χ3n) is 3.90. The van der Waals surface area contributed by atoms with E-state index in [2.05, 4.69) is 10.3 Å². The van der Waals surface area contributed by atoms with Gasteiger partial charge in [0.15, 0.2) is 0 Å². The SMILES string of the molecule is Cc1ccccc1C(=O)NCc1c(C(=O)O)[nH]c2ccc(F)cc12. The molecule has 122 valence electrons. The first-order valence-corrected chi connectivity index (χ1v) is 7.34. The molecule has 0 spiro atoms. The number of aromatic carboxylic acids is 1. The molecule has 0 atom stereocenters. The zero-order chi connectivity index (χ0) is 17.3. The summed E-state index contributed by atoms with van der Waals surface area (Å²) in [6.45, 7) is 1.80. The number of nitrogens with one attached hydrogen (secondary N) is 2. The molecule has 0 bridgehead atoms. The van der Waals surface area contributed by atoms with Crippen molar-refractivity contribution in [3.05, 3.63) is 70.7 Å². The van der Waals surface area contributed by atoms with Crippen LogP contribution in [0.15, 0.2) is 42.5 Å². The lowest BCUT2D eigenvalue weighted by Gasteiger charge is -2.08. The number of fused-ring (bicyclic) bond motifs is 1. The summed E-state index contributed by atoms with van der Waals surface area (Å²) >= 11 is 0. The van der Waals surface area contributed by atoms with Crippen molar-refractivity contribution < 1.29 is 19.1 Å². The van der Waals surface area contributed by atoms with Crippen LogP contribution in [0.5, 0.6) is 0 Å². The van der Waals surface area contributed by atoms with Gasteiger partial charge in [-0.25, -0.2) is 9.18 Å². The molecular weight excluding hydrogens is 311 g/mol. The minimum absolute atomic E-state index is 0.0156. The Kier molecular flexibility index (Phi) is 4.04. The lowest BCUT2D eigenvalue weighted by atomic mass is 10.1. The van der Waals surface area contributed by atoms with Gasteiger partial charge in [-0.15, -0.1) is 0 Å². The number of aromatic amines is 1. The Labute approximate surface area is 137 Å². The Balaban J connectivity index is 1.93. The van der Waals surface area contributed by atoms with Crippen molar-refractivity contribution in [2.24, 2.45) is 0 Å². The van der Waals surface area contributed by atoms with Crippen molar-refractivity contribution in [2.45, 2.75) is 13.5 Å². The van der Waals surface area contributed by atoms with E-state index in [1.807, 2.05) is 19.1 Å². The monoisotopic (exact) mass is 326 g/mol. The molecule has 0 saturated carbocycles. The molecule has 0 fully saturated rings. The number of aryl methyl sites for hydroxylation is 1. The van der Waals surface area contributed by atoms with Crippen molar-refractivity contribution in [2.75, 3.05) is 0 Å². The maximum Gasteiger partial charge on any atom is 0.352 e. The van der Waals surface area contributed by atoms with Crippen LogP contribution in [0.3, 0.4) is 0 Å². The second-order valence-electron chi connectivity index (χ2n) is 5.47. The van der Waals surface area contributed by atoms with E-state index in [1.165, 1.54) is 18.2 Å². The van der Waals surface area contributed by atoms with E-state index < -0.39 is 11.8 Å². The van der Waals surface area contributed by atoms with Crippen LogP contribution in [-0.4, -0.2) is 22.0 Å². The first kappa shape index (κ1) is 15.7. The number of benzene rings is 2. The molecule has 24 heavy (non-hydrogen) atoms. The summed E-state index contributed by atoms with van der Waals surface area (Å²) < 4.78 is 13.5. The predicted octanol–water partition coefficient (Wildman–Crippen LogP) is 3.24. The summed E-state index contributed by atoms with van der Waals surface area (Å²) in [7, 11) is 0. The third-order valence-corrected chi connectivity index (χ3v) is 3.90. The molecule has 0 aliphatic carbocycles. The van der Waals surface area contributed by atoms with Crippen molar-refractivity contribution in [1.29, 1.82) is 0 Å². The minimum atomic E-state index is -1.16. The molecule has 3 aromatic rings. The Hall–Kier alpha value is -3.15. The third kappa shape index (κ3) is 2.86. The zero-order valence-corrected chi connectivity index (χ0v) is 12.9. The van der Waals surface area contributed by atoms with Gasteiger partial charge in [-0.2, -0.15) is 0 Å². The van der Waals surface area contributed by atoms with E-state index in [4.69, 9.17) is 0 Å². The van der Waals surface area contributed by atoms with Crippen LogP contribution in [-0.2, 0) is 6.54 Å². The van der Waals surface area contributed by atoms with Crippen LogP contribution < -0.4 is 5.32 Å². The van der Waals surface area contributed by atoms with Crippen molar-refractivity contribution in [3.8, 4) is 0 Å². The van der Waals surface area contributed by atoms with Gasteiger partial charge in [-0.05, 0) is 36.8 Å². The zero-order valence-electron chi connectivity index (χ0n) is 12.9. The molecule has 5 nitrogen and oxygen atoms in total. The molecule has 0 aliphatic heterocycles. The van der Waals surface area contributed by atoms with Crippen LogP contribution >= 0.6 is 0 Å². The molecule has 0 unspecified atom stereocenters. The Morgan fingerprint density at radius 2 is 1.96 bits per heavy atom. The van der Waals surface area contributed by atoms with Crippen molar-refractivity contribution >= 4 is 22.8 Å². The lowest BCUT2D eigenvalue weighted by molar-refractivity contribution is 0.0689. The number of H-pyrrole nitrogens is 1. The number of halogens is 1. The van der Waals surface area contributed by atoms with Gasteiger partial charge in [0.25, 0.3) is 5.91 Å². The lowest BCUT2D eigenvalue weighted by Crippen LogP contribution is -2.24. The first-order valence-electron chi connectivity index (χ1n) is 7.34. The number of carboxylic acids is 1. The van der Waals surface area contributed by atoms with Crippen LogP contribution in [0.25, 0.3) is 10.9 Å². The molecule has 2 aromatic carbocycles. The maximum absolute atomic E-state index is 13.5. The van der Waals surface area contributed by atoms with Crippen LogP contribution in [0, 0.1) is 12.7 Å². The van der Waals surface area contributed by atoms with E-state index in [-0.39, 0.29) is 18.1 Å². The second kappa shape index (κ2) is 6.16. The summed E-state index contributed by atoms with van der Waals surface area (Å²) in [5, 5.41) is 12.5.